The van der Waals surface area contributed by atoms with Gasteiger partial charge in [-0.25, -0.2) is 4.79 Å². The molecule has 2 nitrogen and oxygen atoms in total. The summed E-state index contributed by atoms with van der Waals surface area (Å²) in [4.78, 5) is 11.5. The SMILES string of the molecule is O=C(O)c1sc2ccccc2c1-c1ccc(C(F)(F)F)cc1. The first kappa shape index (κ1) is 14.6. The summed E-state index contributed by atoms with van der Waals surface area (Å²) in [5, 5.41) is 10.1. The van der Waals surface area contributed by atoms with Gasteiger partial charge in [0.2, 0.25) is 0 Å². The minimum atomic E-state index is -4.41. The minimum Gasteiger partial charge on any atom is -0.477 e. The fourth-order valence-corrected chi connectivity index (χ4v) is 3.37. The van der Waals surface area contributed by atoms with Crippen LogP contribution < -0.4 is 0 Å². The molecule has 0 bridgehead atoms. The van der Waals surface area contributed by atoms with E-state index in [0.29, 0.717) is 11.1 Å². The number of fused-ring (bicyclic) bond motifs is 1. The van der Waals surface area contributed by atoms with Crippen LogP contribution in [0.2, 0.25) is 0 Å². The maximum absolute atomic E-state index is 12.6. The Bertz CT molecular complexity index is 848. The minimum absolute atomic E-state index is 0.126. The lowest BCUT2D eigenvalue weighted by atomic mass is 10.0. The Morgan fingerprint density at radius 2 is 1.64 bits per heavy atom. The lowest BCUT2D eigenvalue weighted by Gasteiger charge is -2.08. The van der Waals surface area contributed by atoms with Gasteiger partial charge in [-0.1, -0.05) is 30.3 Å². The first-order chi connectivity index (χ1) is 10.4. The summed E-state index contributed by atoms with van der Waals surface area (Å²) in [5.41, 5.74) is 0.164. The highest BCUT2D eigenvalue weighted by molar-refractivity contribution is 7.21. The zero-order valence-electron chi connectivity index (χ0n) is 11.0. The summed E-state index contributed by atoms with van der Waals surface area (Å²) >= 11 is 1.11. The third-order valence-corrected chi connectivity index (χ3v) is 4.45. The molecule has 0 amide bonds. The van der Waals surface area contributed by atoms with Crippen molar-refractivity contribution in [1.29, 1.82) is 0 Å². The van der Waals surface area contributed by atoms with E-state index in [1.165, 1.54) is 12.1 Å². The highest BCUT2D eigenvalue weighted by atomic mass is 32.1. The Hall–Kier alpha value is -2.34. The van der Waals surface area contributed by atoms with Gasteiger partial charge in [-0.15, -0.1) is 11.3 Å². The molecule has 2 aromatic carbocycles. The molecule has 1 aromatic heterocycles. The van der Waals surface area contributed by atoms with E-state index in [0.717, 1.165) is 33.6 Å². The maximum atomic E-state index is 12.6. The number of benzene rings is 2. The van der Waals surface area contributed by atoms with E-state index in [1.807, 2.05) is 0 Å². The highest BCUT2D eigenvalue weighted by Crippen LogP contribution is 2.39. The van der Waals surface area contributed by atoms with Gasteiger partial charge in [0.1, 0.15) is 4.88 Å². The zero-order chi connectivity index (χ0) is 15.9. The Labute approximate surface area is 127 Å². The van der Waals surface area contributed by atoms with Crippen molar-refractivity contribution in [2.75, 3.05) is 0 Å². The van der Waals surface area contributed by atoms with E-state index >= 15 is 0 Å². The van der Waals surface area contributed by atoms with Crippen LogP contribution >= 0.6 is 11.3 Å². The molecular weight excluding hydrogens is 313 g/mol. The molecular formula is C16H9F3O2S. The molecule has 6 heteroatoms. The Morgan fingerprint density at radius 1 is 1.00 bits per heavy atom. The van der Waals surface area contributed by atoms with E-state index in [-0.39, 0.29) is 4.88 Å². The van der Waals surface area contributed by atoms with Crippen LogP contribution in [0.3, 0.4) is 0 Å². The molecule has 0 atom stereocenters. The van der Waals surface area contributed by atoms with Gasteiger partial charge in [0.25, 0.3) is 0 Å². The summed E-state index contributed by atoms with van der Waals surface area (Å²) in [6.45, 7) is 0. The lowest BCUT2D eigenvalue weighted by Crippen LogP contribution is -2.04. The standard InChI is InChI=1S/C16H9F3O2S/c17-16(18,19)10-7-5-9(6-8-10)13-11-3-1-2-4-12(11)22-14(13)15(20)21/h1-8H,(H,20,21). The van der Waals surface area contributed by atoms with E-state index in [1.54, 1.807) is 24.3 Å². The van der Waals surface area contributed by atoms with Gasteiger partial charge in [-0.3, -0.25) is 0 Å². The number of hydrogen-bond donors (Lipinski definition) is 1. The maximum Gasteiger partial charge on any atom is 0.416 e. The van der Waals surface area contributed by atoms with E-state index in [4.69, 9.17) is 0 Å². The van der Waals surface area contributed by atoms with Crippen LogP contribution in [0.15, 0.2) is 48.5 Å². The fourth-order valence-electron chi connectivity index (χ4n) is 2.31. The number of aromatic carboxylic acids is 1. The van der Waals surface area contributed by atoms with Gasteiger partial charge in [-0.2, -0.15) is 13.2 Å². The number of carboxylic acid groups (broad SMARTS) is 1. The van der Waals surface area contributed by atoms with Crippen LogP contribution in [0, 0.1) is 0 Å². The van der Waals surface area contributed by atoms with Gasteiger partial charge >= 0.3 is 12.1 Å². The van der Waals surface area contributed by atoms with Crippen LogP contribution in [0.5, 0.6) is 0 Å². The molecule has 0 radical (unpaired) electrons. The van der Waals surface area contributed by atoms with E-state index in [9.17, 15) is 23.1 Å². The van der Waals surface area contributed by atoms with Crippen molar-refractivity contribution in [3.8, 4) is 11.1 Å². The predicted molar refractivity (Wildman–Crippen MR) is 79.2 cm³/mol. The Balaban J connectivity index is 2.21. The number of alkyl halides is 3. The topological polar surface area (TPSA) is 37.3 Å². The third kappa shape index (κ3) is 2.46. The second-order valence-corrected chi connectivity index (χ2v) is 5.73. The number of hydrogen-bond acceptors (Lipinski definition) is 2. The summed E-state index contributed by atoms with van der Waals surface area (Å²) in [5.74, 6) is -1.09. The average molecular weight is 322 g/mol. The molecule has 1 heterocycles. The van der Waals surface area contributed by atoms with Crippen molar-refractivity contribution >= 4 is 27.4 Å². The second-order valence-electron chi connectivity index (χ2n) is 4.68. The first-order valence-corrected chi connectivity index (χ1v) is 7.12. The second kappa shape index (κ2) is 5.14. The molecule has 3 aromatic rings. The summed E-state index contributed by atoms with van der Waals surface area (Å²) < 4.78 is 38.7. The highest BCUT2D eigenvalue weighted by Gasteiger charge is 2.30. The molecule has 0 saturated heterocycles. The number of carbonyl (C=O) groups is 1. The van der Waals surface area contributed by atoms with Crippen LogP contribution in [-0.4, -0.2) is 11.1 Å². The van der Waals surface area contributed by atoms with Crippen LogP contribution in [0.25, 0.3) is 21.2 Å². The van der Waals surface area contributed by atoms with E-state index in [2.05, 4.69) is 0 Å². The number of carboxylic acids is 1. The molecule has 1 N–H and O–H groups in total. The number of halogens is 3. The molecule has 0 saturated carbocycles. The largest absolute Gasteiger partial charge is 0.477 e. The summed E-state index contributed by atoms with van der Waals surface area (Å²) in [7, 11) is 0. The third-order valence-electron chi connectivity index (χ3n) is 3.29. The zero-order valence-corrected chi connectivity index (χ0v) is 11.8. The van der Waals surface area contributed by atoms with Crippen molar-refractivity contribution in [3.05, 3.63) is 59.0 Å². The normalized spacial score (nSPS) is 11.8. The quantitative estimate of drug-likeness (QED) is 0.696. The van der Waals surface area contributed by atoms with Crippen molar-refractivity contribution in [2.24, 2.45) is 0 Å². The molecule has 0 spiro atoms. The molecule has 0 aliphatic carbocycles. The van der Waals surface area contributed by atoms with Crippen molar-refractivity contribution in [2.45, 2.75) is 6.18 Å². The number of thiophene rings is 1. The molecule has 112 valence electrons. The van der Waals surface area contributed by atoms with Gasteiger partial charge in [0.05, 0.1) is 5.56 Å². The first-order valence-electron chi connectivity index (χ1n) is 6.30. The predicted octanol–water partition coefficient (Wildman–Crippen LogP) is 5.29. The van der Waals surface area contributed by atoms with Crippen LogP contribution in [0.4, 0.5) is 13.2 Å². The Morgan fingerprint density at radius 3 is 2.23 bits per heavy atom. The molecule has 0 fully saturated rings. The van der Waals surface area contributed by atoms with Crippen molar-refractivity contribution < 1.29 is 23.1 Å². The molecule has 0 aliphatic heterocycles. The van der Waals surface area contributed by atoms with Crippen LogP contribution in [-0.2, 0) is 6.18 Å². The van der Waals surface area contributed by atoms with Crippen molar-refractivity contribution in [3.63, 3.8) is 0 Å². The molecule has 22 heavy (non-hydrogen) atoms. The van der Waals surface area contributed by atoms with Gasteiger partial charge in [0.15, 0.2) is 0 Å². The van der Waals surface area contributed by atoms with Crippen LogP contribution in [0.1, 0.15) is 15.2 Å². The monoisotopic (exact) mass is 322 g/mol. The molecule has 3 rings (SSSR count). The summed E-state index contributed by atoms with van der Waals surface area (Å²) in [6.07, 6.45) is -4.41. The summed E-state index contributed by atoms with van der Waals surface area (Å²) in [6, 6.07) is 11.7. The van der Waals surface area contributed by atoms with E-state index < -0.39 is 17.7 Å². The van der Waals surface area contributed by atoms with Gasteiger partial charge in [-0.05, 0) is 23.8 Å². The van der Waals surface area contributed by atoms with Crippen molar-refractivity contribution in [1.82, 2.24) is 0 Å². The van der Waals surface area contributed by atoms with Gasteiger partial charge in [0, 0.05) is 15.6 Å². The fraction of sp³-hybridized carbons (Fsp3) is 0.0625. The van der Waals surface area contributed by atoms with Gasteiger partial charge < -0.3 is 5.11 Å². The smallest absolute Gasteiger partial charge is 0.416 e. The molecule has 0 unspecified atom stereocenters. The molecule has 0 aliphatic rings. The Kier molecular flexibility index (Phi) is 3.41. The lowest BCUT2D eigenvalue weighted by molar-refractivity contribution is -0.137. The average Bonchev–Trinajstić information content (AvgIpc) is 2.86. The number of rotatable bonds is 2.